The first-order chi connectivity index (χ1) is 7.89. The van der Waals surface area contributed by atoms with Gasteiger partial charge in [-0.3, -0.25) is 0 Å². The summed E-state index contributed by atoms with van der Waals surface area (Å²) < 4.78 is 4.99. The molecule has 2 rings (SSSR count). The molecule has 94 valence electrons. The molecule has 1 heteroatoms. The number of hydrogen-bond acceptors (Lipinski definition) is 0. The molecule has 17 heavy (non-hydrogen) atoms. The van der Waals surface area contributed by atoms with Gasteiger partial charge in [0.05, 0.1) is 0 Å². The van der Waals surface area contributed by atoms with Crippen molar-refractivity contribution in [3.05, 3.63) is 28.8 Å². The Balaban J connectivity index is 2.45. The Morgan fingerprint density at radius 2 is 1.59 bits per heavy atom. The van der Waals surface area contributed by atoms with Crippen LogP contribution in [0.4, 0.5) is 0 Å². The predicted molar refractivity (Wildman–Crippen MR) is 78.9 cm³/mol. The molecule has 1 fully saturated rings. The van der Waals surface area contributed by atoms with Crippen LogP contribution in [0.25, 0.3) is 0 Å². The molecule has 0 saturated carbocycles. The summed E-state index contributed by atoms with van der Waals surface area (Å²) in [6, 6.07) is 5.10. The molecule has 0 bridgehead atoms. The molecule has 1 heterocycles. The maximum atomic E-state index is 2.57. The Morgan fingerprint density at radius 1 is 1.00 bits per heavy atom. The molecule has 0 amide bonds. The van der Waals surface area contributed by atoms with Crippen LogP contribution in [0.15, 0.2) is 12.1 Å². The van der Waals surface area contributed by atoms with E-state index in [0.29, 0.717) is 5.41 Å². The second-order valence-electron chi connectivity index (χ2n) is 6.38. The summed E-state index contributed by atoms with van der Waals surface area (Å²) in [5.41, 5.74) is 4.93. The van der Waals surface area contributed by atoms with E-state index in [-0.39, 0.29) is 0 Å². The molecule has 1 aromatic rings. The third kappa shape index (κ3) is 2.92. The third-order valence-corrected chi connectivity index (χ3v) is 14.4. The first-order valence-electron chi connectivity index (χ1n) is 6.76. The van der Waals surface area contributed by atoms with E-state index in [9.17, 15) is 0 Å². The van der Waals surface area contributed by atoms with Gasteiger partial charge < -0.3 is 0 Å². The van der Waals surface area contributed by atoms with Crippen LogP contribution >= 0.6 is 0 Å². The van der Waals surface area contributed by atoms with Gasteiger partial charge in [0.15, 0.2) is 0 Å². The Bertz CT molecular complexity index is 406. The van der Waals surface area contributed by atoms with Crippen LogP contribution < -0.4 is 3.27 Å². The van der Waals surface area contributed by atoms with Crippen molar-refractivity contribution in [1.29, 1.82) is 0 Å². The summed E-state index contributed by atoms with van der Waals surface area (Å²) in [4.78, 5) is 0. The van der Waals surface area contributed by atoms with E-state index >= 15 is 0 Å². The van der Waals surface area contributed by atoms with Crippen molar-refractivity contribution in [3.8, 4) is 0 Å². The number of aryl methyl sites for hydroxylation is 1. The average molecular weight is 426 g/mol. The summed E-state index contributed by atoms with van der Waals surface area (Å²) in [7, 11) is 0. The van der Waals surface area contributed by atoms with E-state index in [1.807, 2.05) is 0 Å². The predicted octanol–water partition coefficient (Wildman–Crippen LogP) is 4.10. The molecular formula is C16H25Bi. The van der Waals surface area contributed by atoms with Gasteiger partial charge in [-0.2, -0.15) is 0 Å². The second kappa shape index (κ2) is 5.00. The Morgan fingerprint density at radius 3 is 2.12 bits per heavy atom. The summed E-state index contributed by atoms with van der Waals surface area (Å²) in [5, 5.41) is 0. The third-order valence-electron chi connectivity index (χ3n) is 3.93. The quantitative estimate of drug-likeness (QED) is 0.594. The van der Waals surface area contributed by atoms with Gasteiger partial charge in [0, 0.05) is 0 Å². The Kier molecular flexibility index (Phi) is 3.98. The average Bonchev–Trinajstić information content (AvgIpc) is 2.73. The van der Waals surface area contributed by atoms with Gasteiger partial charge >= 0.3 is 115 Å². The molecule has 1 aromatic carbocycles. The van der Waals surface area contributed by atoms with E-state index in [1.54, 1.807) is 17.1 Å². The van der Waals surface area contributed by atoms with Gasteiger partial charge in [0.1, 0.15) is 0 Å². The molecule has 0 nitrogen and oxygen atoms in total. The first-order valence-corrected chi connectivity index (χ1v) is 13.4. The van der Waals surface area contributed by atoms with Gasteiger partial charge in [-0.1, -0.05) is 0 Å². The maximum absolute atomic E-state index is 2.57. The molecular weight excluding hydrogens is 401 g/mol. The van der Waals surface area contributed by atoms with E-state index in [4.69, 9.17) is 0 Å². The molecule has 0 unspecified atom stereocenters. The molecule has 1 saturated heterocycles. The van der Waals surface area contributed by atoms with Crippen molar-refractivity contribution in [2.75, 3.05) is 0 Å². The normalized spacial score (nSPS) is 17.7. The van der Waals surface area contributed by atoms with Gasteiger partial charge in [0.25, 0.3) is 0 Å². The van der Waals surface area contributed by atoms with Crippen LogP contribution in [0.3, 0.4) is 0 Å². The molecule has 1 aliphatic heterocycles. The van der Waals surface area contributed by atoms with Crippen molar-refractivity contribution in [2.45, 2.75) is 61.1 Å². The topological polar surface area (TPSA) is 0 Å². The van der Waals surface area contributed by atoms with Crippen LogP contribution in [0.2, 0.25) is 8.26 Å². The van der Waals surface area contributed by atoms with E-state index in [1.165, 1.54) is 24.0 Å². The van der Waals surface area contributed by atoms with Crippen molar-refractivity contribution < 1.29 is 0 Å². The van der Waals surface area contributed by atoms with Crippen LogP contribution in [0.1, 0.15) is 50.3 Å². The Hall–Kier alpha value is 0.103. The monoisotopic (exact) mass is 426 g/mol. The second-order valence-corrected chi connectivity index (χ2v) is 16.1. The van der Waals surface area contributed by atoms with Gasteiger partial charge in [-0.25, -0.2) is 0 Å². The zero-order valence-electron chi connectivity index (χ0n) is 11.9. The van der Waals surface area contributed by atoms with Crippen molar-refractivity contribution in [2.24, 2.45) is 0 Å². The molecule has 0 atom stereocenters. The zero-order valence-corrected chi connectivity index (χ0v) is 15.4. The molecule has 0 aromatic heterocycles. The zero-order chi connectivity index (χ0) is 12.6. The van der Waals surface area contributed by atoms with Crippen LogP contribution in [0, 0.1) is 13.8 Å². The summed E-state index contributed by atoms with van der Waals surface area (Å²) >= 11 is -1.25. The van der Waals surface area contributed by atoms with E-state index in [0.717, 1.165) is 0 Å². The van der Waals surface area contributed by atoms with Gasteiger partial charge in [-0.15, -0.1) is 0 Å². The fourth-order valence-corrected chi connectivity index (χ4v) is 13.0. The molecule has 0 N–H and O–H groups in total. The number of benzene rings is 1. The summed E-state index contributed by atoms with van der Waals surface area (Å²) in [5.74, 6) is 0. The fraction of sp³-hybridized carbons (Fsp3) is 0.625. The molecule has 1 aliphatic rings. The van der Waals surface area contributed by atoms with Gasteiger partial charge in [0.2, 0.25) is 0 Å². The number of hydrogen-bond donors (Lipinski definition) is 0. The minimum absolute atomic E-state index is 0.300. The van der Waals surface area contributed by atoms with Gasteiger partial charge in [-0.05, 0) is 0 Å². The first kappa shape index (κ1) is 13.5. The summed E-state index contributed by atoms with van der Waals surface area (Å²) in [6.45, 7) is 11.6. The van der Waals surface area contributed by atoms with Crippen molar-refractivity contribution >= 4 is 25.0 Å². The fourth-order valence-electron chi connectivity index (χ4n) is 2.78. The Labute approximate surface area is 114 Å². The van der Waals surface area contributed by atoms with E-state index in [2.05, 4.69) is 46.8 Å². The summed E-state index contributed by atoms with van der Waals surface area (Å²) in [6.07, 6.45) is 3.02. The SMILES string of the molecule is Cc1c[c]([Bi]2[CH2]CC[CH2]2)cc(C(C)(C)C)c1C. The molecule has 0 spiro atoms. The van der Waals surface area contributed by atoms with Crippen LogP contribution in [-0.4, -0.2) is 21.8 Å². The standard InChI is InChI=1S/C12H17.C4H8.Bi/c1-9-7-6-8-11(10(9)2)12(3,4)5;1-3-4-2;/h7-8H,1-5H3;1-4H2;. The molecule has 0 aliphatic carbocycles. The van der Waals surface area contributed by atoms with Crippen molar-refractivity contribution in [1.82, 2.24) is 0 Å². The van der Waals surface area contributed by atoms with Crippen molar-refractivity contribution in [3.63, 3.8) is 0 Å². The molecule has 0 radical (unpaired) electrons. The van der Waals surface area contributed by atoms with E-state index < -0.39 is 21.8 Å². The van der Waals surface area contributed by atoms with Crippen LogP contribution in [0.5, 0.6) is 0 Å². The van der Waals surface area contributed by atoms with Crippen LogP contribution in [-0.2, 0) is 5.41 Å². The number of rotatable bonds is 1. The minimum atomic E-state index is -1.25.